The zero-order valence-corrected chi connectivity index (χ0v) is 14.7. The summed E-state index contributed by atoms with van der Waals surface area (Å²) in [4.78, 5) is 11.2. The fourth-order valence-electron chi connectivity index (χ4n) is 2.60. The molecule has 0 aromatic carbocycles. The molecule has 0 spiro atoms. The Morgan fingerprint density at radius 2 is 2.04 bits per heavy atom. The van der Waals surface area contributed by atoms with Crippen molar-refractivity contribution in [2.45, 2.75) is 36.9 Å². The first kappa shape index (κ1) is 16.4. The Balaban J connectivity index is 1.74. The van der Waals surface area contributed by atoms with E-state index in [1.807, 2.05) is 13.0 Å². The van der Waals surface area contributed by atoms with Crippen LogP contribution in [0.2, 0.25) is 0 Å². The first-order valence-electron chi connectivity index (χ1n) is 7.67. The molecule has 2 aromatic rings. The predicted molar refractivity (Wildman–Crippen MR) is 91.2 cm³/mol. The number of piperidine rings is 1. The SMILES string of the molecule is Cc1cc(CNS(=O)(=O)c2cccs2)nc(N2CCCCC2)n1. The van der Waals surface area contributed by atoms with Gasteiger partial charge < -0.3 is 4.90 Å². The Bertz CT molecular complexity index is 754. The van der Waals surface area contributed by atoms with E-state index in [-0.39, 0.29) is 6.54 Å². The zero-order valence-electron chi connectivity index (χ0n) is 13.0. The second-order valence-corrected chi connectivity index (χ2v) is 8.55. The molecule has 6 nitrogen and oxygen atoms in total. The third kappa shape index (κ3) is 4.07. The molecule has 2 aromatic heterocycles. The number of aromatic nitrogens is 2. The number of rotatable bonds is 5. The molecular weight excluding hydrogens is 332 g/mol. The van der Waals surface area contributed by atoms with Crippen molar-refractivity contribution >= 4 is 27.3 Å². The third-order valence-corrected chi connectivity index (χ3v) is 6.54. The van der Waals surface area contributed by atoms with Crippen molar-refractivity contribution in [3.63, 3.8) is 0 Å². The lowest BCUT2D eigenvalue weighted by atomic mass is 10.1. The van der Waals surface area contributed by atoms with Crippen molar-refractivity contribution in [2.24, 2.45) is 0 Å². The number of anilines is 1. The number of sulfonamides is 1. The summed E-state index contributed by atoms with van der Waals surface area (Å²) in [7, 11) is -3.47. The summed E-state index contributed by atoms with van der Waals surface area (Å²) < 4.78 is 27.3. The number of thiophene rings is 1. The topological polar surface area (TPSA) is 75.2 Å². The number of nitrogens with zero attached hydrogens (tertiary/aromatic N) is 3. The van der Waals surface area contributed by atoms with Gasteiger partial charge >= 0.3 is 0 Å². The van der Waals surface area contributed by atoms with Gasteiger partial charge in [-0.15, -0.1) is 11.3 Å². The second-order valence-electron chi connectivity index (χ2n) is 5.61. The van der Waals surface area contributed by atoms with E-state index < -0.39 is 10.0 Å². The molecule has 1 saturated heterocycles. The molecule has 0 bridgehead atoms. The summed E-state index contributed by atoms with van der Waals surface area (Å²) in [5.41, 5.74) is 1.55. The van der Waals surface area contributed by atoms with Gasteiger partial charge in [-0.25, -0.2) is 23.1 Å². The van der Waals surface area contributed by atoms with Crippen molar-refractivity contribution in [3.8, 4) is 0 Å². The van der Waals surface area contributed by atoms with Gasteiger partial charge in [0.1, 0.15) is 4.21 Å². The summed E-state index contributed by atoms with van der Waals surface area (Å²) in [6, 6.07) is 5.14. The second kappa shape index (κ2) is 6.94. The molecule has 0 aliphatic carbocycles. The van der Waals surface area contributed by atoms with Crippen LogP contribution in [0.4, 0.5) is 5.95 Å². The highest BCUT2D eigenvalue weighted by molar-refractivity contribution is 7.91. The fraction of sp³-hybridized carbons (Fsp3) is 0.467. The van der Waals surface area contributed by atoms with Crippen molar-refractivity contribution in [1.29, 1.82) is 0 Å². The molecule has 1 aliphatic heterocycles. The van der Waals surface area contributed by atoms with Crippen LogP contribution in [0.25, 0.3) is 0 Å². The van der Waals surface area contributed by atoms with Crippen LogP contribution in [-0.2, 0) is 16.6 Å². The minimum absolute atomic E-state index is 0.171. The molecule has 0 amide bonds. The summed E-state index contributed by atoms with van der Waals surface area (Å²) in [5, 5.41) is 1.75. The molecule has 1 N–H and O–H groups in total. The maximum absolute atomic E-state index is 12.2. The quantitative estimate of drug-likeness (QED) is 0.894. The van der Waals surface area contributed by atoms with Crippen molar-refractivity contribution in [2.75, 3.05) is 18.0 Å². The Hall–Kier alpha value is -1.51. The molecule has 1 fully saturated rings. The highest BCUT2D eigenvalue weighted by atomic mass is 32.2. The van der Waals surface area contributed by atoms with E-state index in [4.69, 9.17) is 0 Å². The summed E-state index contributed by atoms with van der Waals surface area (Å²) in [6.07, 6.45) is 3.55. The Morgan fingerprint density at radius 3 is 2.74 bits per heavy atom. The molecule has 23 heavy (non-hydrogen) atoms. The minimum Gasteiger partial charge on any atom is -0.341 e. The van der Waals surface area contributed by atoms with Gasteiger partial charge in [0.25, 0.3) is 0 Å². The van der Waals surface area contributed by atoms with Gasteiger partial charge in [-0.3, -0.25) is 0 Å². The van der Waals surface area contributed by atoms with E-state index in [9.17, 15) is 8.42 Å². The van der Waals surface area contributed by atoms with E-state index in [2.05, 4.69) is 19.6 Å². The summed E-state index contributed by atoms with van der Waals surface area (Å²) in [5.74, 6) is 0.704. The van der Waals surface area contributed by atoms with E-state index in [0.29, 0.717) is 15.9 Å². The van der Waals surface area contributed by atoms with Gasteiger partial charge in [0.2, 0.25) is 16.0 Å². The molecule has 3 heterocycles. The first-order valence-corrected chi connectivity index (χ1v) is 10.0. The average molecular weight is 352 g/mol. The van der Waals surface area contributed by atoms with E-state index in [1.54, 1.807) is 17.5 Å². The minimum atomic E-state index is -3.47. The highest BCUT2D eigenvalue weighted by Gasteiger charge is 2.17. The molecule has 0 atom stereocenters. The molecule has 3 rings (SSSR count). The van der Waals surface area contributed by atoms with Crippen molar-refractivity contribution < 1.29 is 8.42 Å². The number of nitrogens with one attached hydrogen (secondary N) is 1. The molecule has 0 radical (unpaired) electrons. The van der Waals surface area contributed by atoms with Crippen LogP contribution in [-0.4, -0.2) is 31.5 Å². The fourth-order valence-corrected chi connectivity index (χ4v) is 4.64. The molecule has 1 aliphatic rings. The Labute approximate surface area is 140 Å². The average Bonchev–Trinajstić information content (AvgIpc) is 3.09. The molecule has 124 valence electrons. The van der Waals surface area contributed by atoms with Crippen LogP contribution in [0, 0.1) is 6.92 Å². The summed E-state index contributed by atoms with van der Waals surface area (Å²) in [6.45, 7) is 4.00. The maximum Gasteiger partial charge on any atom is 0.250 e. The lowest BCUT2D eigenvalue weighted by Crippen LogP contribution is -2.31. The molecule has 0 unspecified atom stereocenters. The van der Waals surface area contributed by atoms with Crippen LogP contribution >= 0.6 is 11.3 Å². The van der Waals surface area contributed by atoms with Crippen LogP contribution in [0.15, 0.2) is 27.8 Å². The van der Waals surface area contributed by atoms with Gasteiger partial charge in [0.15, 0.2) is 0 Å². The predicted octanol–water partition coefficient (Wildman–Crippen LogP) is 2.32. The van der Waals surface area contributed by atoms with Crippen LogP contribution in [0.3, 0.4) is 0 Å². The van der Waals surface area contributed by atoms with E-state index in [0.717, 1.165) is 31.6 Å². The normalized spacial score (nSPS) is 15.8. The lowest BCUT2D eigenvalue weighted by molar-refractivity contribution is 0.565. The van der Waals surface area contributed by atoms with Gasteiger partial charge in [-0.2, -0.15) is 0 Å². The first-order chi connectivity index (χ1) is 11.0. The van der Waals surface area contributed by atoms with Crippen molar-refractivity contribution in [1.82, 2.24) is 14.7 Å². The van der Waals surface area contributed by atoms with E-state index >= 15 is 0 Å². The zero-order chi connectivity index (χ0) is 16.3. The smallest absolute Gasteiger partial charge is 0.250 e. The van der Waals surface area contributed by atoms with Gasteiger partial charge in [0.05, 0.1) is 12.2 Å². The third-order valence-electron chi connectivity index (χ3n) is 3.74. The van der Waals surface area contributed by atoms with Gasteiger partial charge in [0, 0.05) is 18.8 Å². The van der Waals surface area contributed by atoms with Gasteiger partial charge in [-0.1, -0.05) is 6.07 Å². The Morgan fingerprint density at radius 1 is 1.26 bits per heavy atom. The molecule has 8 heteroatoms. The molecule has 0 saturated carbocycles. The molecular formula is C15H20N4O2S2. The number of hydrogen-bond donors (Lipinski definition) is 1. The number of hydrogen-bond acceptors (Lipinski definition) is 6. The van der Waals surface area contributed by atoms with E-state index in [1.165, 1.54) is 17.8 Å². The summed E-state index contributed by atoms with van der Waals surface area (Å²) >= 11 is 1.20. The van der Waals surface area contributed by atoms with Crippen LogP contribution in [0.5, 0.6) is 0 Å². The van der Waals surface area contributed by atoms with Gasteiger partial charge in [-0.05, 0) is 43.7 Å². The largest absolute Gasteiger partial charge is 0.341 e. The highest BCUT2D eigenvalue weighted by Crippen LogP contribution is 2.18. The maximum atomic E-state index is 12.2. The van der Waals surface area contributed by atoms with Crippen LogP contribution in [0.1, 0.15) is 30.7 Å². The lowest BCUT2D eigenvalue weighted by Gasteiger charge is -2.27. The standard InChI is InChI=1S/C15H20N4O2S2/c1-12-10-13(11-16-23(20,21)14-6-5-9-22-14)18-15(17-12)19-7-3-2-4-8-19/h5-6,9-10,16H,2-4,7-8,11H2,1H3. The monoisotopic (exact) mass is 352 g/mol. The van der Waals surface area contributed by atoms with Crippen LogP contribution < -0.4 is 9.62 Å². The number of aryl methyl sites for hydroxylation is 1. The van der Waals surface area contributed by atoms with Crippen molar-refractivity contribution in [3.05, 3.63) is 35.0 Å². The Kier molecular flexibility index (Phi) is 4.93.